The van der Waals surface area contributed by atoms with Gasteiger partial charge < -0.3 is 14.9 Å². The van der Waals surface area contributed by atoms with E-state index in [4.69, 9.17) is 14.6 Å². The van der Waals surface area contributed by atoms with Crippen molar-refractivity contribution in [3.8, 4) is 0 Å². The molecule has 1 aromatic carbocycles. The van der Waals surface area contributed by atoms with Gasteiger partial charge in [0.2, 0.25) is 0 Å². The lowest BCUT2D eigenvalue weighted by Gasteiger charge is -2.11. The van der Waals surface area contributed by atoms with Gasteiger partial charge in [0.1, 0.15) is 6.04 Å². The minimum atomic E-state index is -5.08. The van der Waals surface area contributed by atoms with Crippen molar-refractivity contribution in [2.24, 2.45) is 5.92 Å². The minimum Gasteiger partial charge on any atom is -0.481 e. The third-order valence-corrected chi connectivity index (χ3v) is 3.74. The van der Waals surface area contributed by atoms with Crippen LogP contribution in [0.4, 0.5) is 13.2 Å². The van der Waals surface area contributed by atoms with Crippen LogP contribution in [0.25, 0.3) is 6.08 Å². The van der Waals surface area contributed by atoms with Gasteiger partial charge in [-0.3, -0.25) is 14.9 Å². The summed E-state index contributed by atoms with van der Waals surface area (Å²) < 4.78 is 36.7. The van der Waals surface area contributed by atoms with Crippen molar-refractivity contribution < 1.29 is 42.5 Å². The second-order valence-electron chi connectivity index (χ2n) is 5.75. The SMILES string of the molecule is CCOC(=O)[C@H]1C[C@@H](C(=O)O)[C@@H](/C=C/c2ccccc2)N1.O=C(O)C(F)(F)F. The fourth-order valence-electron chi connectivity index (χ4n) is 2.45. The van der Waals surface area contributed by atoms with Gasteiger partial charge in [0.25, 0.3) is 0 Å². The Hall–Kier alpha value is -2.88. The minimum absolute atomic E-state index is 0.248. The second-order valence-corrected chi connectivity index (χ2v) is 5.75. The second kappa shape index (κ2) is 10.5. The predicted molar refractivity (Wildman–Crippen MR) is 92.3 cm³/mol. The van der Waals surface area contributed by atoms with Crippen LogP contribution in [0.15, 0.2) is 36.4 Å². The topological polar surface area (TPSA) is 113 Å². The Kier molecular flexibility index (Phi) is 8.65. The Morgan fingerprint density at radius 1 is 1.21 bits per heavy atom. The van der Waals surface area contributed by atoms with Crippen molar-refractivity contribution in [2.45, 2.75) is 31.6 Å². The number of halogens is 3. The summed E-state index contributed by atoms with van der Waals surface area (Å²) in [6.07, 6.45) is -1.17. The van der Waals surface area contributed by atoms with Crippen LogP contribution in [-0.2, 0) is 19.1 Å². The maximum atomic E-state index is 11.7. The molecule has 3 N–H and O–H groups in total. The lowest BCUT2D eigenvalue weighted by atomic mass is 9.98. The molecule has 1 fully saturated rings. The quantitative estimate of drug-likeness (QED) is 0.647. The Balaban J connectivity index is 0.000000480. The van der Waals surface area contributed by atoms with Crippen molar-refractivity contribution in [3.05, 3.63) is 42.0 Å². The van der Waals surface area contributed by atoms with Gasteiger partial charge >= 0.3 is 24.1 Å². The first-order valence-corrected chi connectivity index (χ1v) is 8.25. The molecule has 1 aliphatic heterocycles. The molecule has 10 heteroatoms. The van der Waals surface area contributed by atoms with E-state index in [1.165, 1.54) is 0 Å². The summed E-state index contributed by atoms with van der Waals surface area (Å²) in [7, 11) is 0. The Labute approximate surface area is 158 Å². The van der Waals surface area contributed by atoms with Crippen molar-refractivity contribution in [1.82, 2.24) is 5.32 Å². The van der Waals surface area contributed by atoms with Crippen molar-refractivity contribution in [1.29, 1.82) is 0 Å². The molecule has 1 aromatic rings. The molecule has 0 spiro atoms. The number of benzene rings is 1. The molecule has 1 saturated heterocycles. The normalized spacial score (nSPS) is 21.6. The van der Waals surface area contributed by atoms with Gasteiger partial charge in [-0.1, -0.05) is 42.5 Å². The Morgan fingerprint density at radius 3 is 2.25 bits per heavy atom. The molecule has 0 radical (unpaired) electrons. The fourth-order valence-corrected chi connectivity index (χ4v) is 2.45. The zero-order valence-corrected chi connectivity index (χ0v) is 14.8. The lowest BCUT2D eigenvalue weighted by Crippen LogP contribution is -2.37. The van der Waals surface area contributed by atoms with Gasteiger partial charge in [-0.25, -0.2) is 4.79 Å². The molecule has 0 aliphatic carbocycles. The lowest BCUT2D eigenvalue weighted by molar-refractivity contribution is -0.192. The van der Waals surface area contributed by atoms with E-state index in [1.807, 2.05) is 36.4 Å². The molecule has 3 atom stereocenters. The highest BCUT2D eigenvalue weighted by Gasteiger charge is 2.40. The highest BCUT2D eigenvalue weighted by atomic mass is 19.4. The molecule has 0 amide bonds. The van der Waals surface area contributed by atoms with E-state index >= 15 is 0 Å². The maximum Gasteiger partial charge on any atom is 0.490 e. The van der Waals surface area contributed by atoms with Crippen molar-refractivity contribution in [3.63, 3.8) is 0 Å². The third kappa shape index (κ3) is 7.39. The molecule has 0 bridgehead atoms. The van der Waals surface area contributed by atoms with Crippen LogP contribution in [-0.4, -0.2) is 53.0 Å². The summed E-state index contributed by atoms with van der Waals surface area (Å²) in [4.78, 5) is 32.0. The third-order valence-electron chi connectivity index (χ3n) is 3.74. The largest absolute Gasteiger partial charge is 0.490 e. The number of carbonyl (C=O) groups excluding carboxylic acids is 1. The number of aliphatic carboxylic acids is 2. The van der Waals surface area contributed by atoms with Crippen LogP contribution in [0.3, 0.4) is 0 Å². The summed E-state index contributed by atoms with van der Waals surface area (Å²) >= 11 is 0. The summed E-state index contributed by atoms with van der Waals surface area (Å²) in [5, 5.41) is 19.4. The summed E-state index contributed by atoms with van der Waals surface area (Å²) in [5.74, 6) is -4.68. The monoisotopic (exact) mass is 403 g/mol. The zero-order valence-electron chi connectivity index (χ0n) is 14.8. The van der Waals surface area contributed by atoms with E-state index < -0.39 is 30.1 Å². The molecule has 1 aliphatic rings. The number of carboxylic acids is 2. The molecule has 154 valence electrons. The van der Waals surface area contributed by atoms with Gasteiger partial charge in [-0.05, 0) is 18.9 Å². The highest BCUT2D eigenvalue weighted by molar-refractivity contribution is 5.80. The van der Waals surface area contributed by atoms with Gasteiger partial charge in [-0.15, -0.1) is 0 Å². The van der Waals surface area contributed by atoms with E-state index in [2.05, 4.69) is 5.32 Å². The number of carbonyl (C=O) groups is 3. The fraction of sp³-hybridized carbons (Fsp3) is 0.389. The number of carboxylic acid groups (broad SMARTS) is 2. The summed E-state index contributed by atoms with van der Waals surface area (Å²) in [6, 6.07) is 8.68. The first kappa shape index (κ1) is 23.2. The highest BCUT2D eigenvalue weighted by Crippen LogP contribution is 2.23. The van der Waals surface area contributed by atoms with Crippen LogP contribution in [0.2, 0.25) is 0 Å². The molecule has 1 heterocycles. The Morgan fingerprint density at radius 2 is 1.79 bits per heavy atom. The van der Waals surface area contributed by atoms with Gasteiger partial charge in [0.15, 0.2) is 0 Å². The van der Waals surface area contributed by atoms with Crippen LogP contribution >= 0.6 is 0 Å². The molecule has 7 nitrogen and oxygen atoms in total. The average Bonchev–Trinajstić information content (AvgIpc) is 3.05. The van der Waals surface area contributed by atoms with E-state index in [9.17, 15) is 27.9 Å². The molecule has 0 saturated carbocycles. The first-order chi connectivity index (χ1) is 13.1. The summed E-state index contributed by atoms with van der Waals surface area (Å²) in [6.45, 7) is 2.02. The van der Waals surface area contributed by atoms with Crippen molar-refractivity contribution >= 4 is 24.0 Å². The van der Waals surface area contributed by atoms with E-state index in [0.717, 1.165) is 5.56 Å². The predicted octanol–water partition coefficient (Wildman–Crippen LogP) is 2.33. The number of hydrogen-bond acceptors (Lipinski definition) is 5. The number of alkyl halides is 3. The summed E-state index contributed by atoms with van der Waals surface area (Å²) in [5.41, 5.74) is 0.989. The number of rotatable bonds is 5. The first-order valence-electron chi connectivity index (χ1n) is 8.25. The smallest absolute Gasteiger partial charge is 0.481 e. The van der Waals surface area contributed by atoms with Gasteiger partial charge in [-0.2, -0.15) is 13.2 Å². The molecule has 28 heavy (non-hydrogen) atoms. The zero-order chi connectivity index (χ0) is 21.3. The van der Waals surface area contributed by atoms with Crippen LogP contribution < -0.4 is 5.32 Å². The number of hydrogen-bond donors (Lipinski definition) is 3. The van der Waals surface area contributed by atoms with Gasteiger partial charge in [0, 0.05) is 6.04 Å². The van der Waals surface area contributed by atoms with Crippen molar-refractivity contribution in [2.75, 3.05) is 6.61 Å². The molecule has 0 aromatic heterocycles. The molecular formula is C18H20F3NO6. The standard InChI is InChI=1S/C16H19NO4.C2HF3O2/c1-2-21-16(20)14-10-12(15(18)19)13(17-14)9-8-11-6-4-3-5-7-11;3-2(4,5)1(6)7/h3-9,12-14,17H,2,10H2,1H3,(H,18,19);(H,6,7)/b9-8+;/t12-,13-,14-;/m1./s1. The van der Waals surface area contributed by atoms with Crippen LogP contribution in [0.1, 0.15) is 18.9 Å². The van der Waals surface area contributed by atoms with Crippen LogP contribution in [0.5, 0.6) is 0 Å². The van der Waals surface area contributed by atoms with Crippen LogP contribution in [0, 0.1) is 5.92 Å². The van der Waals surface area contributed by atoms with Gasteiger partial charge in [0.05, 0.1) is 12.5 Å². The van der Waals surface area contributed by atoms with E-state index in [0.29, 0.717) is 6.61 Å². The molecule has 2 rings (SSSR count). The number of ether oxygens (including phenoxy) is 1. The Bertz CT molecular complexity index is 705. The van der Waals surface area contributed by atoms with E-state index in [-0.39, 0.29) is 18.4 Å². The molecular weight excluding hydrogens is 383 g/mol. The maximum absolute atomic E-state index is 11.7. The molecule has 0 unspecified atom stereocenters. The van der Waals surface area contributed by atoms with E-state index in [1.54, 1.807) is 13.0 Å². The number of nitrogens with one attached hydrogen (secondary N) is 1. The average molecular weight is 403 g/mol. The number of esters is 1.